The normalized spacial score (nSPS) is 11.7. The number of nitrogens with zero attached hydrogens (tertiary/aromatic N) is 1. The van der Waals surface area contributed by atoms with Gasteiger partial charge in [0.1, 0.15) is 24.2 Å². The third-order valence-corrected chi connectivity index (χ3v) is 3.80. The molecule has 0 aliphatic rings. The van der Waals surface area contributed by atoms with E-state index in [1.54, 1.807) is 7.11 Å². The first-order chi connectivity index (χ1) is 11.6. The maximum atomic E-state index is 9.96. The standard InChI is InChI=1S/C20H27NO3.ClH/c1-21(2)14-18(22)15-24-20-10-5-4-8-17(20)12-11-16-7-6-9-19(13-16)23-3;/h4-10,13,18,22H,11-12,14-15H2,1-3H3;1H. The van der Waals surface area contributed by atoms with Gasteiger partial charge in [0.25, 0.3) is 0 Å². The second-order valence-corrected chi connectivity index (χ2v) is 6.19. The van der Waals surface area contributed by atoms with E-state index < -0.39 is 6.10 Å². The molecule has 0 aliphatic carbocycles. The van der Waals surface area contributed by atoms with Crippen LogP contribution in [0.2, 0.25) is 0 Å². The molecule has 1 N–H and O–H groups in total. The lowest BCUT2D eigenvalue weighted by Gasteiger charge is -2.18. The van der Waals surface area contributed by atoms with E-state index in [2.05, 4.69) is 18.2 Å². The lowest BCUT2D eigenvalue weighted by atomic mass is 10.0. The zero-order valence-corrected chi connectivity index (χ0v) is 16.0. The Balaban J connectivity index is 0.00000312. The van der Waals surface area contributed by atoms with Crippen molar-refractivity contribution in [3.05, 3.63) is 59.7 Å². The summed E-state index contributed by atoms with van der Waals surface area (Å²) in [4.78, 5) is 1.95. The zero-order chi connectivity index (χ0) is 17.4. The molecule has 25 heavy (non-hydrogen) atoms. The Morgan fingerprint density at radius 3 is 2.52 bits per heavy atom. The molecule has 0 fully saturated rings. The first kappa shape index (κ1) is 21.3. The van der Waals surface area contributed by atoms with Gasteiger partial charge in [0.05, 0.1) is 7.11 Å². The van der Waals surface area contributed by atoms with Gasteiger partial charge in [-0.3, -0.25) is 0 Å². The van der Waals surface area contributed by atoms with E-state index in [0.29, 0.717) is 13.2 Å². The minimum atomic E-state index is -0.494. The van der Waals surface area contributed by atoms with Crippen LogP contribution in [0.3, 0.4) is 0 Å². The summed E-state index contributed by atoms with van der Waals surface area (Å²) in [6, 6.07) is 16.1. The van der Waals surface area contributed by atoms with E-state index in [-0.39, 0.29) is 12.4 Å². The summed E-state index contributed by atoms with van der Waals surface area (Å²) in [6.45, 7) is 0.889. The molecule has 2 aromatic rings. The Labute approximate surface area is 156 Å². The summed E-state index contributed by atoms with van der Waals surface area (Å²) in [7, 11) is 5.55. The number of rotatable bonds is 9. The van der Waals surface area contributed by atoms with Crippen LogP contribution in [-0.4, -0.2) is 50.5 Å². The van der Waals surface area contributed by atoms with E-state index in [9.17, 15) is 5.11 Å². The first-order valence-electron chi connectivity index (χ1n) is 8.25. The molecule has 2 rings (SSSR count). The third kappa shape index (κ3) is 7.34. The molecule has 0 radical (unpaired) electrons. The van der Waals surface area contributed by atoms with E-state index in [1.165, 1.54) is 5.56 Å². The summed E-state index contributed by atoms with van der Waals surface area (Å²) in [5.74, 6) is 1.72. The topological polar surface area (TPSA) is 41.9 Å². The van der Waals surface area contributed by atoms with Crippen molar-refractivity contribution in [3.8, 4) is 11.5 Å². The average molecular weight is 366 g/mol. The van der Waals surface area contributed by atoms with E-state index in [1.807, 2.05) is 49.3 Å². The van der Waals surface area contributed by atoms with Crippen molar-refractivity contribution in [1.82, 2.24) is 4.90 Å². The van der Waals surface area contributed by atoms with Gasteiger partial charge < -0.3 is 19.5 Å². The highest BCUT2D eigenvalue weighted by Gasteiger charge is 2.09. The Morgan fingerprint density at radius 2 is 1.80 bits per heavy atom. The maximum absolute atomic E-state index is 9.96. The van der Waals surface area contributed by atoms with Gasteiger partial charge in [-0.1, -0.05) is 30.3 Å². The van der Waals surface area contributed by atoms with Gasteiger partial charge in [-0.2, -0.15) is 0 Å². The predicted molar refractivity (Wildman–Crippen MR) is 104 cm³/mol. The van der Waals surface area contributed by atoms with Gasteiger partial charge in [-0.25, -0.2) is 0 Å². The van der Waals surface area contributed by atoms with Crippen molar-refractivity contribution in [2.24, 2.45) is 0 Å². The van der Waals surface area contributed by atoms with Gasteiger partial charge in [0.2, 0.25) is 0 Å². The zero-order valence-electron chi connectivity index (χ0n) is 15.1. The molecule has 0 aromatic heterocycles. The average Bonchev–Trinajstić information content (AvgIpc) is 2.58. The van der Waals surface area contributed by atoms with Crippen molar-refractivity contribution in [1.29, 1.82) is 0 Å². The van der Waals surface area contributed by atoms with Crippen LogP contribution < -0.4 is 9.47 Å². The lowest BCUT2D eigenvalue weighted by Crippen LogP contribution is -2.30. The number of hydrogen-bond acceptors (Lipinski definition) is 4. The van der Waals surface area contributed by atoms with Gasteiger partial charge in [-0.05, 0) is 56.3 Å². The smallest absolute Gasteiger partial charge is 0.122 e. The number of likely N-dealkylation sites (N-methyl/N-ethyl adjacent to an activating group) is 1. The molecule has 0 aliphatic heterocycles. The highest BCUT2D eigenvalue weighted by Crippen LogP contribution is 2.21. The van der Waals surface area contributed by atoms with E-state index in [4.69, 9.17) is 9.47 Å². The predicted octanol–water partition coefficient (Wildman–Crippen LogP) is 3.20. The highest BCUT2D eigenvalue weighted by atomic mass is 35.5. The molecule has 1 unspecified atom stereocenters. The van der Waals surface area contributed by atoms with Crippen LogP contribution in [0.15, 0.2) is 48.5 Å². The van der Waals surface area contributed by atoms with Crippen LogP contribution in [0.1, 0.15) is 11.1 Å². The van der Waals surface area contributed by atoms with Crippen molar-refractivity contribution in [2.75, 3.05) is 34.4 Å². The van der Waals surface area contributed by atoms with Crippen LogP contribution >= 0.6 is 12.4 Å². The molecule has 1 atom stereocenters. The summed E-state index contributed by atoms with van der Waals surface area (Å²) in [6.07, 6.45) is 1.30. The number of ether oxygens (including phenoxy) is 2. The molecule has 0 bridgehead atoms. The molecule has 4 nitrogen and oxygen atoms in total. The minimum Gasteiger partial charge on any atom is -0.497 e. The van der Waals surface area contributed by atoms with Gasteiger partial charge >= 0.3 is 0 Å². The van der Waals surface area contributed by atoms with Crippen LogP contribution in [-0.2, 0) is 12.8 Å². The maximum Gasteiger partial charge on any atom is 0.122 e. The number of benzene rings is 2. The third-order valence-electron chi connectivity index (χ3n) is 3.80. The fourth-order valence-corrected chi connectivity index (χ4v) is 2.62. The van der Waals surface area contributed by atoms with Crippen LogP contribution in [0, 0.1) is 0 Å². The fraction of sp³-hybridized carbons (Fsp3) is 0.400. The molecule has 0 heterocycles. The number of aryl methyl sites for hydroxylation is 2. The highest BCUT2D eigenvalue weighted by molar-refractivity contribution is 5.85. The molecular formula is C20H28ClNO3. The van der Waals surface area contributed by atoms with Crippen molar-refractivity contribution >= 4 is 12.4 Å². The van der Waals surface area contributed by atoms with Gasteiger partial charge in [-0.15, -0.1) is 12.4 Å². The van der Waals surface area contributed by atoms with Crippen molar-refractivity contribution in [3.63, 3.8) is 0 Å². The van der Waals surface area contributed by atoms with Crippen LogP contribution in [0.4, 0.5) is 0 Å². The second-order valence-electron chi connectivity index (χ2n) is 6.19. The Bertz CT molecular complexity index is 634. The number of aliphatic hydroxyl groups is 1. The molecule has 0 spiro atoms. The first-order valence-corrected chi connectivity index (χ1v) is 8.25. The monoisotopic (exact) mass is 365 g/mol. The molecule has 2 aromatic carbocycles. The molecule has 0 saturated heterocycles. The molecule has 5 heteroatoms. The minimum absolute atomic E-state index is 0. The number of hydrogen-bond donors (Lipinski definition) is 1. The fourth-order valence-electron chi connectivity index (χ4n) is 2.62. The molecular weight excluding hydrogens is 338 g/mol. The summed E-state index contributed by atoms with van der Waals surface area (Å²) in [5.41, 5.74) is 2.38. The van der Waals surface area contributed by atoms with Crippen LogP contribution in [0.5, 0.6) is 11.5 Å². The van der Waals surface area contributed by atoms with Crippen molar-refractivity contribution < 1.29 is 14.6 Å². The summed E-state index contributed by atoms with van der Waals surface area (Å²) < 4.78 is 11.1. The SMILES string of the molecule is COc1cccc(CCc2ccccc2OCC(O)CN(C)C)c1.Cl. The summed E-state index contributed by atoms with van der Waals surface area (Å²) in [5, 5.41) is 9.96. The number of methoxy groups -OCH3 is 1. The van der Waals surface area contributed by atoms with Gasteiger partial charge in [0.15, 0.2) is 0 Å². The second kappa shape index (κ2) is 11.0. The Kier molecular flexibility index (Phi) is 9.35. The number of para-hydroxylation sites is 1. The van der Waals surface area contributed by atoms with E-state index >= 15 is 0 Å². The Morgan fingerprint density at radius 1 is 1.04 bits per heavy atom. The van der Waals surface area contributed by atoms with Crippen molar-refractivity contribution in [2.45, 2.75) is 18.9 Å². The Hall–Kier alpha value is -1.75. The number of halogens is 1. The quantitative estimate of drug-likeness (QED) is 0.741. The van der Waals surface area contributed by atoms with Crippen LogP contribution in [0.25, 0.3) is 0 Å². The summed E-state index contributed by atoms with van der Waals surface area (Å²) >= 11 is 0. The number of aliphatic hydroxyl groups excluding tert-OH is 1. The molecule has 0 amide bonds. The largest absolute Gasteiger partial charge is 0.497 e. The molecule has 138 valence electrons. The van der Waals surface area contributed by atoms with E-state index in [0.717, 1.165) is 29.9 Å². The molecule has 0 saturated carbocycles. The van der Waals surface area contributed by atoms with Gasteiger partial charge in [0, 0.05) is 6.54 Å². The lowest BCUT2D eigenvalue weighted by molar-refractivity contribution is 0.0827.